The van der Waals surface area contributed by atoms with Crippen molar-refractivity contribution in [1.82, 2.24) is 10.6 Å². The normalized spacial score (nSPS) is 32.9. The third-order valence-electron chi connectivity index (χ3n) is 3.77. The third kappa shape index (κ3) is 3.88. The van der Waals surface area contributed by atoms with E-state index < -0.39 is 0 Å². The molecule has 2 aliphatic rings. The molecule has 17 heavy (non-hydrogen) atoms. The van der Waals surface area contributed by atoms with Gasteiger partial charge in [0.25, 0.3) is 0 Å². The zero-order valence-electron chi connectivity index (χ0n) is 10.7. The first kappa shape index (κ1) is 13.2. The lowest BCUT2D eigenvalue weighted by molar-refractivity contribution is -0.122. The summed E-state index contributed by atoms with van der Waals surface area (Å²) in [6.07, 6.45) is 6.75. The first-order valence-electron chi connectivity index (χ1n) is 6.94. The van der Waals surface area contributed by atoms with Gasteiger partial charge in [-0.2, -0.15) is 11.8 Å². The van der Waals surface area contributed by atoms with Gasteiger partial charge in [0.2, 0.25) is 5.91 Å². The Morgan fingerprint density at radius 1 is 1.35 bits per heavy atom. The van der Waals surface area contributed by atoms with E-state index in [-0.39, 0.29) is 5.91 Å². The van der Waals surface area contributed by atoms with E-state index in [1.807, 2.05) is 11.8 Å². The molecule has 1 aliphatic carbocycles. The molecule has 98 valence electrons. The first-order chi connectivity index (χ1) is 8.29. The maximum Gasteiger partial charge on any atom is 0.221 e. The fourth-order valence-corrected chi connectivity index (χ4v) is 4.12. The Labute approximate surface area is 108 Å². The van der Waals surface area contributed by atoms with E-state index in [1.54, 1.807) is 0 Å². The summed E-state index contributed by atoms with van der Waals surface area (Å²) < 4.78 is 0. The molecule has 2 N–H and O–H groups in total. The van der Waals surface area contributed by atoms with Crippen LogP contribution in [-0.4, -0.2) is 35.5 Å². The molecule has 1 saturated heterocycles. The summed E-state index contributed by atoms with van der Waals surface area (Å²) in [7, 11) is 0. The molecule has 0 radical (unpaired) electrons. The van der Waals surface area contributed by atoms with E-state index in [0.29, 0.717) is 23.8 Å². The van der Waals surface area contributed by atoms with Crippen molar-refractivity contribution in [2.24, 2.45) is 0 Å². The minimum absolute atomic E-state index is 0.248. The van der Waals surface area contributed by atoms with Crippen LogP contribution in [0.4, 0.5) is 0 Å². The molecule has 2 rings (SSSR count). The maximum atomic E-state index is 11.9. The Kier molecular flexibility index (Phi) is 5.16. The number of hydrogen-bond acceptors (Lipinski definition) is 3. The van der Waals surface area contributed by atoms with Gasteiger partial charge in [0, 0.05) is 23.8 Å². The van der Waals surface area contributed by atoms with Gasteiger partial charge in [-0.05, 0) is 38.0 Å². The van der Waals surface area contributed by atoms with Crippen LogP contribution in [0.2, 0.25) is 0 Å². The number of carbonyl (C=O) groups excluding carboxylic acids is 1. The van der Waals surface area contributed by atoms with Crippen molar-refractivity contribution in [3.05, 3.63) is 0 Å². The molecule has 1 amide bonds. The van der Waals surface area contributed by atoms with E-state index in [4.69, 9.17) is 0 Å². The molecule has 3 atom stereocenters. The molecule has 0 aromatic carbocycles. The van der Waals surface area contributed by atoms with Crippen molar-refractivity contribution in [3.8, 4) is 0 Å². The number of thioether (sulfide) groups is 1. The molecule has 4 heteroatoms. The Hall–Kier alpha value is -0.220. The average Bonchev–Trinajstić information content (AvgIpc) is 2.92. The van der Waals surface area contributed by atoms with Crippen LogP contribution in [-0.2, 0) is 4.79 Å². The van der Waals surface area contributed by atoms with Gasteiger partial charge in [0.05, 0.1) is 0 Å². The van der Waals surface area contributed by atoms with Gasteiger partial charge in [0.1, 0.15) is 0 Å². The molecule has 0 aromatic heterocycles. The summed E-state index contributed by atoms with van der Waals surface area (Å²) in [6.45, 7) is 3.28. The molecule has 1 saturated carbocycles. The molecule has 0 aromatic rings. The highest BCUT2D eigenvalue weighted by molar-refractivity contribution is 7.99. The van der Waals surface area contributed by atoms with Crippen molar-refractivity contribution < 1.29 is 4.79 Å². The lowest BCUT2D eigenvalue weighted by Crippen LogP contribution is -2.41. The van der Waals surface area contributed by atoms with Gasteiger partial charge < -0.3 is 10.6 Å². The van der Waals surface area contributed by atoms with Crippen molar-refractivity contribution in [1.29, 1.82) is 0 Å². The predicted molar refractivity (Wildman–Crippen MR) is 73.3 cm³/mol. The first-order valence-corrected chi connectivity index (χ1v) is 7.99. The highest BCUT2D eigenvalue weighted by atomic mass is 32.2. The third-order valence-corrected chi connectivity index (χ3v) is 5.10. The second kappa shape index (κ2) is 6.64. The van der Waals surface area contributed by atoms with Crippen molar-refractivity contribution >= 4 is 17.7 Å². The number of amides is 1. The molecular weight excluding hydrogens is 232 g/mol. The summed E-state index contributed by atoms with van der Waals surface area (Å²) in [4.78, 5) is 11.9. The minimum atomic E-state index is 0.248. The van der Waals surface area contributed by atoms with E-state index in [1.165, 1.54) is 25.7 Å². The Morgan fingerprint density at radius 3 is 2.94 bits per heavy atom. The van der Waals surface area contributed by atoms with Gasteiger partial charge in [-0.25, -0.2) is 0 Å². The van der Waals surface area contributed by atoms with Crippen LogP contribution in [0.5, 0.6) is 0 Å². The molecule has 1 heterocycles. The molecule has 2 fully saturated rings. The quantitative estimate of drug-likeness (QED) is 0.789. The molecular formula is C13H24N2OS. The van der Waals surface area contributed by atoms with Gasteiger partial charge in [-0.1, -0.05) is 13.3 Å². The zero-order valence-corrected chi connectivity index (χ0v) is 11.5. The second-order valence-corrected chi connectivity index (χ2v) is 6.61. The van der Waals surface area contributed by atoms with Gasteiger partial charge >= 0.3 is 0 Å². The molecule has 0 bridgehead atoms. The van der Waals surface area contributed by atoms with E-state index >= 15 is 0 Å². The fourth-order valence-electron chi connectivity index (χ4n) is 2.93. The van der Waals surface area contributed by atoms with Gasteiger partial charge in [-0.15, -0.1) is 0 Å². The van der Waals surface area contributed by atoms with E-state index in [2.05, 4.69) is 17.6 Å². The van der Waals surface area contributed by atoms with E-state index in [9.17, 15) is 4.79 Å². The van der Waals surface area contributed by atoms with Crippen molar-refractivity contribution in [2.75, 3.05) is 12.3 Å². The molecule has 0 spiro atoms. The van der Waals surface area contributed by atoms with Crippen LogP contribution in [0.1, 0.15) is 45.4 Å². The van der Waals surface area contributed by atoms with Crippen LogP contribution in [0, 0.1) is 0 Å². The number of nitrogens with one attached hydrogen (secondary N) is 2. The molecule has 1 aliphatic heterocycles. The van der Waals surface area contributed by atoms with Crippen LogP contribution >= 0.6 is 11.8 Å². The maximum absolute atomic E-state index is 11.9. The Bertz CT molecular complexity index is 254. The highest BCUT2D eigenvalue weighted by Crippen LogP contribution is 2.29. The monoisotopic (exact) mass is 256 g/mol. The lowest BCUT2D eigenvalue weighted by Gasteiger charge is -2.21. The number of rotatable bonds is 5. The second-order valence-electron chi connectivity index (χ2n) is 5.10. The van der Waals surface area contributed by atoms with Crippen molar-refractivity contribution in [3.63, 3.8) is 0 Å². The summed E-state index contributed by atoms with van der Waals surface area (Å²) in [5.41, 5.74) is 0. The average molecular weight is 256 g/mol. The summed E-state index contributed by atoms with van der Waals surface area (Å²) in [6, 6.07) is 0.850. The van der Waals surface area contributed by atoms with Crippen LogP contribution < -0.4 is 10.6 Å². The van der Waals surface area contributed by atoms with E-state index in [0.717, 1.165) is 18.7 Å². The Morgan fingerprint density at radius 2 is 2.24 bits per heavy atom. The minimum Gasteiger partial charge on any atom is -0.352 e. The molecule has 3 unspecified atom stereocenters. The Balaban J connectivity index is 1.73. The number of carbonyl (C=O) groups is 1. The lowest BCUT2D eigenvalue weighted by atomic mass is 10.1. The van der Waals surface area contributed by atoms with Crippen LogP contribution in [0.25, 0.3) is 0 Å². The molecule has 3 nitrogen and oxygen atoms in total. The zero-order chi connectivity index (χ0) is 12.1. The fraction of sp³-hybridized carbons (Fsp3) is 0.923. The SMILES string of the molecule is CCSC1CCCC1NC(=O)CC1CCCN1. The number of hydrogen-bond donors (Lipinski definition) is 2. The standard InChI is InChI=1S/C13H24N2OS/c1-2-17-12-7-3-6-11(12)15-13(16)9-10-5-4-8-14-10/h10-12,14H,2-9H2,1H3,(H,15,16). The summed E-state index contributed by atoms with van der Waals surface area (Å²) in [5, 5.41) is 7.28. The smallest absolute Gasteiger partial charge is 0.221 e. The topological polar surface area (TPSA) is 41.1 Å². The largest absolute Gasteiger partial charge is 0.352 e. The van der Waals surface area contributed by atoms with Gasteiger partial charge in [-0.3, -0.25) is 4.79 Å². The van der Waals surface area contributed by atoms with Crippen LogP contribution in [0.3, 0.4) is 0 Å². The van der Waals surface area contributed by atoms with Gasteiger partial charge in [0.15, 0.2) is 0 Å². The van der Waals surface area contributed by atoms with Crippen molar-refractivity contribution in [2.45, 2.75) is 62.8 Å². The predicted octanol–water partition coefficient (Wildman–Crippen LogP) is 1.92. The summed E-state index contributed by atoms with van der Waals surface area (Å²) >= 11 is 2.00. The highest BCUT2D eigenvalue weighted by Gasteiger charge is 2.29. The van der Waals surface area contributed by atoms with Crippen LogP contribution in [0.15, 0.2) is 0 Å². The summed E-state index contributed by atoms with van der Waals surface area (Å²) in [5.74, 6) is 1.40.